The number of esters is 1. The Labute approximate surface area is 131 Å². The number of methoxy groups -OCH3 is 1. The maximum Gasteiger partial charge on any atom is 0.410 e. The van der Waals surface area contributed by atoms with Gasteiger partial charge in [0, 0.05) is 19.2 Å². The van der Waals surface area contributed by atoms with Gasteiger partial charge in [0.1, 0.15) is 11.6 Å². The Kier molecular flexibility index (Phi) is 5.79. The molecule has 1 atom stereocenters. The summed E-state index contributed by atoms with van der Waals surface area (Å²) in [4.78, 5) is 25.4. The van der Waals surface area contributed by atoms with E-state index in [0.717, 1.165) is 5.56 Å². The van der Waals surface area contributed by atoms with Crippen molar-refractivity contribution in [1.29, 1.82) is 0 Å². The highest BCUT2D eigenvalue weighted by Crippen LogP contribution is 2.15. The molecule has 0 heterocycles. The normalized spacial score (nSPS) is 12.4. The molecule has 6 nitrogen and oxygen atoms in total. The summed E-state index contributed by atoms with van der Waals surface area (Å²) < 4.78 is 10.1. The van der Waals surface area contributed by atoms with Gasteiger partial charge in [-0.2, -0.15) is 0 Å². The number of rotatable bonds is 4. The fraction of sp³-hybridized carbons (Fsp3) is 0.500. The topological polar surface area (TPSA) is 81.9 Å². The largest absolute Gasteiger partial charge is 0.467 e. The number of ether oxygens (including phenoxy) is 2. The van der Waals surface area contributed by atoms with Crippen molar-refractivity contribution in [3.8, 4) is 0 Å². The van der Waals surface area contributed by atoms with Crippen LogP contribution in [0.25, 0.3) is 0 Å². The van der Waals surface area contributed by atoms with E-state index in [0.29, 0.717) is 12.1 Å². The average Bonchev–Trinajstić information content (AvgIpc) is 2.43. The Balaban J connectivity index is 2.90. The second kappa shape index (κ2) is 7.15. The van der Waals surface area contributed by atoms with E-state index in [9.17, 15) is 9.59 Å². The lowest BCUT2D eigenvalue weighted by Gasteiger charge is -2.29. The first-order chi connectivity index (χ1) is 10.1. The Bertz CT molecular complexity index is 520. The monoisotopic (exact) mass is 308 g/mol. The minimum absolute atomic E-state index is 0.322. The predicted molar refractivity (Wildman–Crippen MR) is 84.4 cm³/mol. The van der Waals surface area contributed by atoms with Crippen LogP contribution < -0.4 is 5.73 Å². The summed E-state index contributed by atoms with van der Waals surface area (Å²) in [5, 5.41) is 0. The number of nitrogens with two attached hydrogens (primary N) is 1. The highest BCUT2D eigenvalue weighted by atomic mass is 16.6. The number of benzene rings is 1. The van der Waals surface area contributed by atoms with E-state index in [1.165, 1.54) is 19.1 Å². The van der Waals surface area contributed by atoms with Gasteiger partial charge in [0.05, 0.1) is 7.11 Å². The van der Waals surface area contributed by atoms with Crippen molar-refractivity contribution in [3.05, 3.63) is 29.8 Å². The molecule has 2 N–H and O–H groups in total. The van der Waals surface area contributed by atoms with E-state index in [1.54, 1.807) is 32.9 Å². The SMILES string of the molecule is COC(=O)[C@H](Cc1ccc(N)cc1)N(C)C(=O)OC(C)(C)C. The van der Waals surface area contributed by atoms with Gasteiger partial charge in [-0.25, -0.2) is 9.59 Å². The molecule has 1 aromatic carbocycles. The van der Waals surface area contributed by atoms with Crippen LogP contribution in [-0.4, -0.2) is 42.8 Å². The number of anilines is 1. The molecule has 0 unspecified atom stereocenters. The Morgan fingerprint density at radius 3 is 2.23 bits per heavy atom. The fourth-order valence-electron chi connectivity index (χ4n) is 1.85. The van der Waals surface area contributed by atoms with Gasteiger partial charge in [-0.05, 0) is 38.5 Å². The van der Waals surface area contributed by atoms with Gasteiger partial charge < -0.3 is 15.2 Å². The van der Waals surface area contributed by atoms with Crippen LogP contribution in [0.1, 0.15) is 26.3 Å². The molecule has 0 bridgehead atoms. The number of nitrogens with zero attached hydrogens (tertiary/aromatic N) is 1. The van der Waals surface area contributed by atoms with Gasteiger partial charge in [-0.15, -0.1) is 0 Å². The summed E-state index contributed by atoms with van der Waals surface area (Å²) in [7, 11) is 2.81. The second-order valence-electron chi connectivity index (χ2n) is 6.08. The van der Waals surface area contributed by atoms with E-state index < -0.39 is 23.7 Å². The molecule has 0 aromatic heterocycles. The van der Waals surface area contributed by atoms with Crippen LogP contribution in [0.3, 0.4) is 0 Å². The van der Waals surface area contributed by atoms with Crippen molar-refractivity contribution in [1.82, 2.24) is 4.90 Å². The summed E-state index contributed by atoms with van der Waals surface area (Å²) in [5.41, 5.74) is 6.53. The highest BCUT2D eigenvalue weighted by Gasteiger charge is 2.31. The van der Waals surface area contributed by atoms with Crippen LogP contribution in [0.4, 0.5) is 10.5 Å². The van der Waals surface area contributed by atoms with Crippen molar-refractivity contribution >= 4 is 17.7 Å². The van der Waals surface area contributed by atoms with Crippen molar-refractivity contribution in [2.75, 3.05) is 19.9 Å². The van der Waals surface area contributed by atoms with Crippen molar-refractivity contribution in [2.45, 2.75) is 38.8 Å². The Hall–Kier alpha value is -2.24. The molecule has 22 heavy (non-hydrogen) atoms. The maximum atomic E-state index is 12.1. The molecule has 122 valence electrons. The summed E-state index contributed by atoms with van der Waals surface area (Å²) >= 11 is 0. The van der Waals surface area contributed by atoms with Gasteiger partial charge in [-0.3, -0.25) is 4.90 Å². The minimum atomic E-state index is -0.761. The number of nitrogen functional groups attached to an aromatic ring is 1. The van der Waals surface area contributed by atoms with Crippen LogP contribution in [0.15, 0.2) is 24.3 Å². The van der Waals surface area contributed by atoms with Gasteiger partial charge in [0.25, 0.3) is 0 Å². The first kappa shape index (κ1) is 17.8. The molecule has 6 heteroatoms. The van der Waals surface area contributed by atoms with Crippen LogP contribution in [0.5, 0.6) is 0 Å². The molecular formula is C16H24N2O4. The van der Waals surface area contributed by atoms with Crippen LogP contribution in [0.2, 0.25) is 0 Å². The van der Waals surface area contributed by atoms with Crippen LogP contribution in [0, 0.1) is 0 Å². The quantitative estimate of drug-likeness (QED) is 0.681. The number of hydrogen-bond donors (Lipinski definition) is 1. The molecular weight excluding hydrogens is 284 g/mol. The zero-order valence-corrected chi connectivity index (χ0v) is 13.8. The summed E-state index contributed by atoms with van der Waals surface area (Å²) in [6, 6.07) is 6.36. The third-order valence-electron chi connectivity index (χ3n) is 3.03. The molecule has 0 fully saturated rings. The molecule has 0 saturated carbocycles. The lowest BCUT2D eigenvalue weighted by molar-refractivity contribution is -0.146. The third-order valence-corrected chi connectivity index (χ3v) is 3.03. The molecule has 1 rings (SSSR count). The first-order valence-corrected chi connectivity index (χ1v) is 7.02. The molecule has 0 aliphatic carbocycles. The maximum absolute atomic E-state index is 12.1. The van der Waals surface area contributed by atoms with Crippen LogP contribution >= 0.6 is 0 Å². The minimum Gasteiger partial charge on any atom is -0.467 e. The van der Waals surface area contributed by atoms with Gasteiger partial charge in [0.15, 0.2) is 0 Å². The molecule has 0 radical (unpaired) electrons. The van der Waals surface area contributed by atoms with E-state index in [-0.39, 0.29) is 0 Å². The van der Waals surface area contributed by atoms with E-state index in [4.69, 9.17) is 15.2 Å². The van der Waals surface area contributed by atoms with E-state index in [2.05, 4.69) is 0 Å². The van der Waals surface area contributed by atoms with E-state index in [1.807, 2.05) is 12.1 Å². The predicted octanol–water partition coefficient (Wildman–Crippen LogP) is 2.22. The number of likely N-dealkylation sites (N-methyl/N-ethyl adjacent to an activating group) is 1. The van der Waals surface area contributed by atoms with E-state index >= 15 is 0 Å². The molecule has 1 amide bonds. The smallest absolute Gasteiger partial charge is 0.410 e. The molecule has 0 aliphatic rings. The van der Waals surface area contributed by atoms with Crippen molar-refractivity contribution in [3.63, 3.8) is 0 Å². The molecule has 0 spiro atoms. The zero-order chi connectivity index (χ0) is 16.9. The standard InChI is InChI=1S/C16H24N2O4/c1-16(2,3)22-15(20)18(4)13(14(19)21-5)10-11-6-8-12(17)9-7-11/h6-9,13H,10,17H2,1-5H3/t13-/m0/s1. The first-order valence-electron chi connectivity index (χ1n) is 7.02. The second-order valence-corrected chi connectivity index (χ2v) is 6.08. The summed E-state index contributed by atoms with van der Waals surface area (Å²) in [6.07, 6.45) is -0.249. The number of carbonyl (C=O) groups is 2. The molecule has 1 aromatic rings. The lowest BCUT2D eigenvalue weighted by atomic mass is 10.0. The zero-order valence-electron chi connectivity index (χ0n) is 13.8. The van der Waals surface area contributed by atoms with Crippen molar-refractivity contribution in [2.24, 2.45) is 0 Å². The average molecular weight is 308 g/mol. The summed E-state index contributed by atoms with van der Waals surface area (Å²) in [5.74, 6) is -0.495. The lowest BCUT2D eigenvalue weighted by Crippen LogP contribution is -2.46. The molecule has 0 saturated heterocycles. The highest BCUT2D eigenvalue weighted by molar-refractivity contribution is 5.81. The van der Waals surface area contributed by atoms with Gasteiger partial charge >= 0.3 is 12.1 Å². The third kappa shape index (κ3) is 5.27. The van der Waals surface area contributed by atoms with Crippen molar-refractivity contribution < 1.29 is 19.1 Å². The van der Waals surface area contributed by atoms with Gasteiger partial charge in [-0.1, -0.05) is 12.1 Å². The number of amides is 1. The van der Waals surface area contributed by atoms with Gasteiger partial charge in [0.2, 0.25) is 0 Å². The fourth-order valence-corrected chi connectivity index (χ4v) is 1.85. The van der Waals surface area contributed by atoms with Crippen LogP contribution in [-0.2, 0) is 20.7 Å². The number of carbonyl (C=O) groups excluding carboxylic acids is 2. The summed E-state index contributed by atoms with van der Waals surface area (Å²) in [6.45, 7) is 5.31. The molecule has 0 aliphatic heterocycles. The Morgan fingerprint density at radius 2 is 1.77 bits per heavy atom. The Morgan fingerprint density at radius 1 is 1.23 bits per heavy atom. The number of hydrogen-bond acceptors (Lipinski definition) is 5.